The molecule has 2 aliphatic heterocycles. The predicted molar refractivity (Wildman–Crippen MR) is 114 cm³/mol. The van der Waals surface area contributed by atoms with Crippen LogP contribution in [0, 0.1) is 23.7 Å². The van der Waals surface area contributed by atoms with Crippen molar-refractivity contribution in [3.05, 3.63) is 63.5 Å². The Kier molecular flexibility index (Phi) is 5.85. The summed E-state index contributed by atoms with van der Waals surface area (Å²) in [7, 11) is 0. The minimum Gasteiger partial charge on any atom is -0.101 e. The topological polar surface area (TPSA) is 0 Å². The van der Waals surface area contributed by atoms with Crippen molar-refractivity contribution < 1.29 is 0 Å². The number of hydrogen-bond donors (Lipinski definition) is 0. The highest BCUT2D eigenvalue weighted by atomic mass is 32.2. The Morgan fingerprint density at radius 1 is 0.625 bits per heavy atom. The Labute approximate surface area is 161 Å². The van der Waals surface area contributed by atoms with Crippen molar-refractivity contribution in [1.29, 1.82) is 0 Å². The van der Waals surface area contributed by atoms with Gasteiger partial charge in [-0.2, -0.15) is 0 Å². The third-order valence-corrected chi connectivity index (χ3v) is 9.07. The van der Waals surface area contributed by atoms with Gasteiger partial charge in [-0.15, -0.1) is 5.92 Å². The van der Waals surface area contributed by atoms with Crippen LogP contribution in [-0.4, -0.2) is 0 Å². The fraction of sp³-hybridized carbons (Fsp3) is 0.200. The average molecular weight is 385 g/mol. The molecule has 1 aromatic rings. The molecule has 0 radical (unpaired) electrons. The normalized spacial score (nSPS) is 17.0. The fourth-order valence-corrected chi connectivity index (χ4v) is 7.24. The van der Waals surface area contributed by atoms with Gasteiger partial charge in [-0.3, -0.25) is 0 Å². The summed E-state index contributed by atoms with van der Waals surface area (Å²) >= 11 is 7.44. The van der Waals surface area contributed by atoms with Crippen LogP contribution in [0.3, 0.4) is 0 Å². The summed E-state index contributed by atoms with van der Waals surface area (Å²) in [6, 6.07) is 8.12. The number of benzene rings is 1. The first-order valence-corrected chi connectivity index (χ1v) is 10.7. The summed E-state index contributed by atoms with van der Waals surface area (Å²) in [5, 5.41) is 0. The Balaban J connectivity index is 1.74. The third kappa shape index (κ3) is 4.13. The summed E-state index contributed by atoms with van der Waals surface area (Å²) < 4.78 is 2.77. The summed E-state index contributed by atoms with van der Waals surface area (Å²) in [5.74, 6) is 12.6. The monoisotopic (exact) mass is 384 g/mol. The number of rotatable bonds is 0. The van der Waals surface area contributed by atoms with Crippen LogP contribution < -0.4 is 0 Å². The molecule has 2 heterocycles. The van der Waals surface area contributed by atoms with Gasteiger partial charge < -0.3 is 0 Å². The molecule has 3 rings (SSSR count). The third-order valence-electron chi connectivity index (χ3n) is 3.39. The van der Waals surface area contributed by atoms with Gasteiger partial charge in [0.1, 0.15) is 0 Å². The predicted octanol–water partition coefficient (Wildman–Crippen LogP) is 6.98. The molecule has 120 valence electrons. The zero-order valence-electron chi connectivity index (χ0n) is 13.9. The number of thioether (sulfide) groups is 4. The van der Waals surface area contributed by atoms with Crippen LogP contribution in [0.5, 0.6) is 0 Å². The second-order valence-corrected chi connectivity index (χ2v) is 10.4. The van der Waals surface area contributed by atoms with Gasteiger partial charge in [0.15, 0.2) is 0 Å². The highest BCUT2D eigenvalue weighted by Crippen LogP contribution is 2.59. The van der Waals surface area contributed by atoms with E-state index in [1.165, 1.54) is 28.1 Å². The molecule has 0 unspecified atom stereocenters. The molecule has 0 saturated carbocycles. The van der Waals surface area contributed by atoms with Gasteiger partial charge in [0.25, 0.3) is 0 Å². The molecule has 0 amide bonds. The van der Waals surface area contributed by atoms with Crippen LogP contribution in [0.1, 0.15) is 38.8 Å². The van der Waals surface area contributed by atoms with E-state index in [9.17, 15) is 0 Å². The van der Waals surface area contributed by atoms with Crippen molar-refractivity contribution >= 4 is 47.0 Å². The van der Waals surface area contributed by atoms with Crippen LogP contribution >= 0.6 is 47.0 Å². The molecular weight excluding hydrogens is 368 g/mol. The van der Waals surface area contributed by atoms with E-state index in [1.807, 2.05) is 78.2 Å². The molecule has 1 aromatic carbocycles. The first-order valence-electron chi connectivity index (χ1n) is 7.45. The standard InChI is InChI=1S/C20H16S4/c1-5-6-16-7-9-17(10-8-16)11-12-18-15(4)23-20(24-18)19-21-13(2)14(3)22-19/h7-10H,1-4H3. The van der Waals surface area contributed by atoms with Crippen LogP contribution in [0.2, 0.25) is 0 Å². The first-order chi connectivity index (χ1) is 11.6. The van der Waals surface area contributed by atoms with Gasteiger partial charge in [0, 0.05) is 16.0 Å². The largest absolute Gasteiger partial charge is 0.101 e. The van der Waals surface area contributed by atoms with Gasteiger partial charge >= 0.3 is 0 Å². The van der Waals surface area contributed by atoms with Crippen LogP contribution in [0.4, 0.5) is 0 Å². The van der Waals surface area contributed by atoms with Crippen molar-refractivity contribution in [2.45, 2.75) is 27.7 Å². The van der Waals surface area contributed by atoms with Crippen molar-refractivity contribution in [3.63, 3.8) is 0 Å². The minimum absolute atomic E-state index is 1.03. The summed E-state index contributed by atoms with van der Waals surface area (Å²) in [6.45, 7) is 8.40. The van der Waals surface area contributed by atoms with Gasteiger partial charge in [-0.25, -0.2) is 0 Å². The summed E-state index contributed by atoms with van der Waals surface area (Å²) in [4.78, 5) is 5.29. The van der Waals surface area contributed by atoms with Crippen LogP contribution in [0.25, 0.3) is 0 Å². The molecule has 0 nitrogen and oxygen atoms in total. The second-order valence-electron chi connectivity index (χ2n) is 5.18. The summed E-state index contributed by atoms with van der Waals surface area (Å²) in [6.07, 6.45) is 0. The fourth-order valence-electron chi connectivity index (χ4n) is 2.00. The first kappa shape index (κ1) is 17.8. The quantitative estimate of drug-likeness (QED) is 0.442. The lowest BCUT2D eigenvalue weighted by Gasteiger charge is -2.00. The minimum atomic E-state index is 1.03. The van der Waals surface area contributed by atoms with Gasteiger partial charge in [-0.1, -0.05) is 64.8 Å². The van der Waals surface area contributed by atoms with E-state index in [1.54, 1.807) is 0 Å². The lowest BCUT2D eigenvalue weighted by molar-refractivity contribution is 1.57. The Morgan fingerprint density at radius 3 is 1.71 bits per heavy atom. The molecule has 0 fully saturated rings. The van der Waals surface area contributed by atoms with Crippen LogP contribution in [0.15, 0.2) is 52.4 Å². The van der Waals surface area contributed by atoms with E-state index < -0.39 is 0 Å². The van der Waals surface area contributed by atoms with Crippen molar-refractivity contribution in [3.8, 4) is 23.7 Å². The van der Waals surface area contributed by atoms with E-state index in [4.69, 9.17) is 0 Å². The molecule has 0 atom stereocenters. The lowest BCUT2D eigenvalue weighted by Crippen LogP contribution is -1.77. The molecule has 24 heavy (non-hydrogen) atoms. The molecule has 0 bridgehead atoms. The molecular formula is C20H16S4. The van der Waals surface area contributed by atoms with E-state index in [-0.39, 0.29) is 0 Å². The van der Waals surface area contributed by atoms with E-state index in [0.717, 1.165) is 11.1 Å². The van der Waals surface area contributed by atoms with Crippen molar-refractivity contribution in [2.75, 3.05) is 0 Å². The number of allylic oxidation sites excluding steroid dienone is 4. The van der Waals surface area contributed by atoms with Crippen molar-refractivity contribution in [2.24, 2.45) is 0 Å². The summed E-state index contributed by atoms with van der Waals surface area (Å²) in [5.41, 5.74) is 2.06. The van der Waals surface area contributed by atoms with E-state index >= 15 is 0 Å². The zero-order chi connectivity index (χ0) is 17.1. The smallest absolute Gasteiger partial charge is 0.0726 e. The average Bonchev–Trinajstić information content (AvgIpc) is 3.10. The number of hydrogen-bond acceptors (Lipinski definition) is 4. The van der Waals surface area contributed by atoms with Crippen molar-refractivity contribution in [1.82, 2.24) is 0 Å². The van der Waals surface area contributed by atoms with E-state index in [0.29, 0.717) is 0 Å². The molecule has 0 saturated heterocycles. The van der Waals surface area contributed by atoms with Gasteiger partial charge in [0.05, 0.1) is 13.4 Å². The maximum absolute atomic E-state index is 3.34. The highest BCUT2D eigenvalue weighted by molar-refractivity contribution is 8.34. The van der Waals surface area contributed by atoms with Gasteiger partial charge in [0.2, 0.25) is 0 Å². The zero-order valence-corrected chi connectivity index (χ0v) is 17.2. The lowest BCUT2D eigenvalue weighted by atomic mass is 10.1. The van der Waals surface area contributed by atoms with Crippen LogP contribution in [-0.2, 0) is 0 Å². The van der Waals surface area contributed by atoms with E-state index in [2.05, 4.69) is 44.5 Å². The molecule has 2 aliphatic rings. The van der Waals surface area contributed by atoms with Gasteiger partial charge in [-0.05, 0) is 61.8 Å². The SMILES string of the molecule is CC#Cc1ccc(C#CC2=C(C)SC(=C3SC(C)=C(C)S3)S2)cc1. The highest BCUT2D eigenvalue weighted by Gasteiger charge is 2.25. The molecule has 0 spiro atoms. The second kappa shape index (κ2) is 7.89. The molecule has 0 aromatic heterocycles. The maximum Gasteiger partial charge on any atom is 0.0726 e. The Hall–Kier alpha value is -1.04. The molecule has 0 N–H and O–H groups in total. The Bertz CT molecular complexity index is 875. The molecule has 0 aliphatic carbocycles. The Morgan fingerprint density at radius 2 is 1.12 bits per heavy atom. The molecule has 4 heteroatoms. The maximum atomic E-state index is 3.34.